The van der Waals surface area contributed by atoms with Crippen LogP contribution in [-0.4, -0.2) is 267 Å². The molecule has 31 atom stereocenters. The lowest BCUT2D eigenvalue weighted by Crippen LogP contribution is -2.68. The van der Waals surface area contributed by atoms with Gasteiger partial charge in [-0.3, -0.25) is 14.1 Å². The van der Waals surface area contributed by atoms with Crippen LogP contribution in [0.4, 0.5) is 0 Å². The highest BCUT2D eigenvalue weighted by molar-refractivity contribution is 7.80. The fourth-order valence-electron chi connectivity index (χ4n) is 17.2. The van der Waals surface area contributed by atoms with Crippen molar-refractivity contribution in [3.05, 3.63) is 23.8 Å². The summed E-state index contributed by atoms with van der Waals surface area (Å²) in [5.74, 6) is -1.06. The van der Waals surface area contributed by atoms with Crippen molar-refractivity contribution >= 4 is 22.2 Å². The molecule has 9 fully saturated rings. The third-order valence-electron chi connectivity index (χ3n) is 21.8. The van der Waals surface area contributed by atoms with Gasteiger partial charge in [-0.2, -0.15) is 8.42 Å². The number of hydrogen-bond donors (Lipinski definition) is 12. The molecular formula is C59H92O29S. The van der Waals surface area contributed by atoms with Gasteiger partial charge in [-0.25, -0.2) is 4.18 Å². The van der Waals surface area contributed by atoms with E-state index in [1.165, 1.54) is 12.5 Å². The maximum Gasteiger partial charge on any atom is 0.397 e. The van der Waals surface area contributed by atoms with E-state index in [9.17, 15) is 78.7 Å². The van der Waals surface area contributed by atoms with Crippen LogP contribution in [-0.2, 0) is 81.0 Å². The third-order valence-corrected chi connectivity index (χ3v) is 22.3. The number of ketones is 1. The quantitative estimate of drug-likeness (QED) is 0.0290. The van der Waals surface area contributed by atoms with E-state index < -0.39 is 217 Å². The van der Waals surface area contributed by atoms with E-state index in [1.54, 1.807) is 0 Å². The molecule has 31 unspecified atom stereocenters. The van der Waals surface area contributed by atoms with Crippen molar-refractivity contribution in [2.24, 2.45) is 39.4 Å². The number of esters is 1. The molecule has 0 aromatic rings. The minimum absolute atomic E-state index is 0.0445. The van der Waals surface area contributed by atoms with Gasteiger partial charge < -0.3 is 113 Å². The zero-order valence-electron chi connectivity index (χ0n) is 51.3. The largest absolute Gasteiger partial charge is 0.458 e. The maximum absolute atomic E-state index is 14.5. The van der Waals surface area contributed by atoms with Crippen LogP contribution < -0.4 is 0 Å². The summed E-state index contributed by atoms with van der Waals surface area (Å²) < 4.78 is 112. The first-order valence-corrected chi connectivity index (χ1v) is 32.2. The highest BCUT2D eigenvalue weighted by Gasteiger charge is 2.79. The molecule has 0 radical (unpaired) electrons. The number of fused-ring (bicyclic) bond motifs is 4. The van der Waals surface area contributed by atoms with Crippen molar-refractivity contribution in [3.63, 3.8) is 0 Å². The predicted octanol–water partition coefficient (Wildman–Crippen LogP) is -1.92. The number of carbonyl (C=O) groups is 2. The third kappa shape index (κ3) is 12.2. The smallest absolute Gasteiger partial charge is 0.397 e. The second kappa shape index (κ2) is 26.0. The zero-order chi connectivity index (χ0) is 65.0. The highest BCUT2D eigenvalue weighted by atomic mass is 32.3. The number of carbonyl (C=O) groups excluding carboxylic acids is 2. The average molecular weight is 1300 g/mol. The number of methoxy groups -OCH3 is 1. The minimum Gasteiger partial charge on any atom is -0.458 e. The van der Waals surface area contributed by atoms with Gasteiger partial charge in [0.25, 0.3) is 0 Å². The zero-order valence-corrected chi connectivity index (χ0v) is 52.1. The van der Waals surface area contributed by atoms with E-state index in [2.05, 4.69) is 26.5 Å². The number of aliphatic hydroxyl groups excluding tert-OH is 11. The Morgan fingerprint density at radius 2 is 1.28 bits per heavy atom. The van der Waals surface area contributed by atoms with Crippen molar-refractivity contribution in [1.82, 2.24) is 0 Å². The Hall–Kier alpha value is -2.39. The highest BCUT2D eigenvalue weighted by Crippen LogP contribution is 2.75. The van der Waals surface area contributed by atoms with E-state index in [-0.39, 0.29) is 30.0 Å². The van der Waals surface area contributed by atoms with Gasteiger partial charge in [-0.15, -0.1) is 6.58 Å². The summed E-state index contributed by atoms with van der Waals surface area (Å²) >= 11 is 0. The lowest BCUT2D eigenvalue weighted by molar-refractivity contribution is -0.403. The summed E-state index contributed by atoms with van der Waals surface area (Å²) in [6.07, 6.45) is -34.4. The first kappa shape index (κ1) is 69.4. The van der Waals surface area contributed by atoms with Gasteiger partial charge in [0.05, 0.1) is 50.0 Å². The number of Topliss-reactive ketones (excluding diaryl/α,β-unsaturated/α-hetero) is 1. The molecule has 12 N–H and O–H groups in total. The Labute approximate surface area is 516 Å². The van der Waals surface area contributed by atoms with Gasteiger partial charge in [-0.1, -0.05) is 44.9 Å². The van der Waals surface area contributed by atoms with E-state index in [4.69, 9.17) is 61.0 Å². The van der Waals surface area contributed by atoms with Gasteiger partial charge in [0, 0.05) is 13.5 Å². The number of allylic oxidation sites excluding steroid dienone is 3. The molecule has 30 heteroatoms. The van der Waals surface area contributed by atoms with E-state index >= 15 is 0 Å². The summed E-state index contributed by atoms with van der Waals surface area (Å²) in [5.41, 5.74) is -1.66. The van der Waals surface area contributed by atoms with Crippen LogP contribution in [0, 0.1) is 39.4 Å². The summed E-state index contributed by atoms with van der Waals surface area (Å²) in [6.45, 7) is 14.7. The Kier molecular flexibility index (Phi) is 20.3. The summed E-state index contributed by atoms with van der Waals surface area (Å²) in [5, 5.41) is 122. The molecule has 1 spiro atoms. The Balaban J connectivity index is 0.906. The van der Waals surface area contributed by atoms with Gasteiger partial charge in [0.1, 0.15) is 115 Å². The van der Waals surface area contributed by atoms with E-state index in [0.717, 1.165) is 25.5 Å². The van der Waals surface area contributed by atoms with Crippen LogP contribution in [0.1, 0.15) is 106 Å². The Morgan fingerprint density at radius 3 is 1.91 bits per heavy atom. The van der Waals surface area contributed by atoms with Gasteiger partial charge in [-0.05, 0) is 100 Å². The number of aliphatic hydroxyl groups is 11. The lowest BCUT2D eigenvalue weighted by atomic mass is 9.41. The minimum atomic E-state index is -5.27. The molecule has 6 saturated heterocycles. The van der Waals surface area contributed by atoms with Gasteiger partial charge in [0.2, 0.25) is 0 Å². The Bertz CT molecular complexity index is 2700. The van der Waals surface area contributed by atoms with Crippen LogP contribution in [0.2, 0.25) is 0 Å². The molecular weight excluding hydrogens is 1200 g/mol. The summed E-state index contributed by atoms with van der Waals surface area (Å²) in [7, 11) is -4.11. The normalized spacial score (nSPS) is 50.7. The number of rotatable bonds is 19. The van der Waals surface area contributed by atoms with Gasteiger partial charge in [0.15, 0.2) is 31.5 Å². The van der Waals surface area contributed by atoms with Crippen LogP contribution in [0.25, 0.3) is 0 Å². The predicted molar refractivity (Wildman–Crippen MR) is 298 cm³/mol. The maximum atomic E-state index is 14.5. The number of cyclic esters (lactones) is 1. The molecule has 10 aliphatic rings. The fraction of sp³-hybridized carbons (Fsp3) is 0.898. The summed E-state index contributed by atoms with van der Waals surface area (Å²) in [6, 6.07) is 0. The molecule has 0 bridgehead atoms. The van der Waals surface area contributed by atoms with Gasteiger partial charge >= 0.3 is 16.4 Å². The molecule has 29 nitrogen and oxygen atoms in total. The van der Waals surface area contributed by atoms with Crippen LogP contribution in [0.15, 0.2) is 23.8 Å². The first-order valence-electron chi connectivity index (χ1n) is 30.8. The van der Waals surface area contributed by atoms with Crippen molar-refractivity contribution in [3.8, 4) is 0 Å². The van der Waals surface area contributed by atoms with E-state index in [1.807, 2.05) is 27.7 Å². The number of hydrogen-bond acceptors (Lipinski definition) is 28. The molecule has 6 aliphatic heterocycles. The molecule has 0 aromatic heterocycles. The van der Waals surface area contributed by atoms with Crippen molar-refractivity contribution in [2.75, 3.05) is 33.5 Å². The molecule has 3 saturated carbocycles. The monoisotopic (exact) mass is 1300 g/mol. The second-order valence-electron chi connectivity index (χ2n) is 27.6. The molecule has 0 aromatic carbocycles. The summed E-state index contributed by atoms with van der Waals surface area (Å²) in [4.78, 5) is 28.9. The topological polar surface area (TPSA) is 431 Å². The Morgan fingerprint density at radius 1 is 0.685 bits per heavy atom. The standard InChI is InChI=1S/C59H92O29S/c1-24(2)11-10-16-58(8)48-28(62)19-57(7)27-12-13-33-55(4,5)34(15-17-56(33,6)26(27)14-18-59(48,57)54(72)87-58)82-52-46(38(67)32(23-78-52)88-89(73,74)75)86-53-47(85-49-39(68)35(64)29(63)22-77-49)40(69)43(25(3)79-53)83-51-42(71)45(37(66)31(21-61)81-51)84-50-41(70)44(76-9)36(65)30(20-60)80-50/h14,25,27,29-53,60-61,63-71H,1,10-13,15-23H2,2-9H3,(H,73,74,75). The molecule has 10 rings (SSSR count). The van der Waals surface area contributed by atoms with Crippen molar-refractivity contribution < 1.29 is 140 Å². The fourth-order valence-corrected chi connectivity index (χ4v) is 17.7. The lowest BCUT2D eigenvalue weighted by Gasteiger charge is -2.63. The van der Waals surface area contributed by atoms with E-state index in [0.29, 0.717) is 38.5 Å². The van der Waals surface area contributed by atoms with Crippen molar-refractivity contribution in [1.29, 1.82) is 0 Å². The van der Waals surface area contributed by atoms with Crippen LogP contribution in [0.3, 0.4) is 0 Å². The molecule has 6 heterocycles. The first-order chi connectivity index (χ1) is 41.7. The average Bonchev–Trinajstić information content (AvgIpc) is 1.54. The molecule has 508 valence electrons. The van der Waals surface area contributed by atoms with Crippen LogP contribution in [0.5, 0.6) is 0 Å². The molecule has 0 amide bonds. The molecule has 4 aliphatic carbocycles. The number of ether oxygens (including phenoxy) is 12. The van der Waals surface area contributed by atoms with Crippen LogP contribution >= 0.6 is 0 Å². The SMILES string of the molecule is C=C(C)CCCC1(C)OC(=O)C23CC=C4C(CCC5C4(C)CCC(OC4OCC(OS(=O)(=O)O)C(O)C4OC4OC(C)C(OC6OC(CO)C(O)C(OC7OC(CO)C(O)C(OC)C7O)C6O)C(O)C4OC4OCC(O)C(O)C4O)C5(C)C)C2(C)CC(=O)C13. The van der Waals surface area contributed by atoms with Crippen molar-refractivity contribution in [2.45, 2.75) is 259 Å². The molecule has 89 heavy (non-hydrogen) atoms. The second-order valence-corrected chi connectivity index (χ2v) is 28.7.